The number of aliphatic carboxylic acids is 1. The Kier molecular flexibility index (Phi) is 3.90. The number of fused-ring (bicyclic) bond motifs is 1. The Morgan fingerprint density at radius 2 is 2.22 bits per heavy atom. The highest BCUT2D eigenvalue weighted by Gasteiger charge is 2.37. The summed E-state index contributed by atoms with van der Waals surface area (Å²) in [5.74, 6) is 0.896. The van der Waals surface area contributed by atoms with Crippen LogP contribution in [0.4, 0.5) is 5.82 Å². The molecule has 0 aromatic carbocycles. The van der Waals surface area contributed by atoms with E-state index in [1.807, 2.05) is 11.4 Å². The molecule has 2 aliphatic rings. The van der Waals surface area contributed by atoms with Gasteiger partial charge in [0.25, 0.3) is 0 Å². The standard InChI is InChI=1S/C16H20N4O2S/c21-14(22)8-20(7-10-1-2-10)12-5-11(6-12)19-16-15-13(3-4-23-15)17-9-18-16/h3-4,9-12H,1-2,5-8H2,(H,21,22)(H,17,18,19). The Bertz CT molecular complexity index is 709. The molecule has 23 heavy (non-hydrogen) atoms. The molecule has 2 N–H and O–H groups in total. The van der Waals surface area contributed by atoms with Gasteiger partial charge in [-0.15, -0.1) is 11.3 Å². The van der Waals surface area contributed by atoms with Crippen molar-refractivity contribution in [2.45, 2.75) is 37.8 Å². The topological polar surface area (TPSA) is 78.4 Å². The number of thiophene rings is 1. The van der Waals surface area contributed by atoms with E-state index in [1.54, 1.807) is 17.7 Å². The Morgan fingerprint density at radius 3 is 2.96 bits per heavy atom. The molecule has 2 aromatic rings. The maximum Gasteiger partial charge on any atom is 0.317 e. The first-order valence-corrected chi connectivity index (χ1v) is 8.97. The van der Waals surface area contributed by atoms with Gasteiger partial charge in [-0.05, 0) is 43.0 Å². The molecule has 7 heteroatoms. The summed E-state index contributed by atoms with van der Waals surface area (Å²) >= 11 is 1.65. The number of hydrogen-bond donors (Lipinski definition) is 2. The minimum Gasteiger partial charge on any atom is -0.480 e. The van der Waals surface area contributed by atoms with Gasteiger partial charge in [0.15, 0.2) is 0 Å². The number of aromatic nitrogens is 2. The van der Waals surface area contributed by atoms with Gasteiger partial charge in [-0.3, -0.25) is 9.69 Å². The third-order valence-corrected chi connectivity index (χ3v) is 5.65. The van der Waals surface area contributed by atoms with Crippen molar-refractivity contribution in [2.24, 2.45) is 5.92 Å². The molecule has 0 saturated heterocycles. The molecule has 0 unspecified atom stereocenters. The second-order valence-corrected chi connectivity index (χ2v) is 7.51. The van der Waals surface area contributed by atoms with E-state index in [4.69, 9.17) is 5.11 Å². The van der Waals surface area contributed by atoms with E-state index in [0.29, 0.717) is 18.0 Å². The smallest absolute Gasteiger partial charge is 0.317 e. The highest BCUT2D eigenvalue weighted by atomic mass is 32.1. The lowest BCUT2D eigenvalue weighted by Gasteiger charge is -2.43. The van der Waals surface area contributed by atoms with Gasteiger partial charge in [-0.25, -0.2) is 9.97 Å². The van der Waals surface area contributed by atoms with Crippen LogP contribution in [0.25, 0.3) is 10.2 Å². The summed E-state index contributed by atoms with van der Waals surface area (Å²) in [5.41, 5.74) is 0.976. The summed E-state index contributed by atoms with van der Waals surface area (Å²) in [4.78, 5) is 21.8. The lowest BCUT2D eigenvalue weighted by Crippen LogP contribution is -2.52. The predicted octanol–water partition coefficient (Wildman–Crippen LogP) is 2.43. The number of nitrogens with zero attached hydrogens (tertiary/aromatic N) is 3. The molecular weight excluding hydrogens is 312 g/mol. The van der Waals surface area contributed by atoms with Gasteiger partial charge in [0, 0.05) is 18.6 Å². The van der Waals surface area contributed by atoms with Gasteiger partial charge < -0.3 is 10.4 Å². The van der Waals surface area contributed by atoms with Crippen LogP contribution in [0.2, 0.25) is 0 Å². The normalized spacial score (nSPS) is 23.9. The monoisotopic (exact) mass is 332 g/mol. The van der Waals surface area contributed by atoms with Gasteiger partial charge in [0.05, 0.1) is 16.8 Å². The number of hydrogen-bond acceptors (Lipinski definition) is 6. The van der Waals surface area contributed by atoms with Gasteiger partial charge in [-0.2, -0.15) is 0 Å². The number of carboxylic acids is 1. The fourth-order valence-corrected chi connectivity index (χ4v) is 4.04. The molecular formula is C16H20N4O2S. The van der Waals surface area contributed by atoms with Crippen molar-refractivity contribution in [3.8, 4) is 0 Å². The van der Waals surface area contributed by atoms with Crippen LogP contribution in [0.1, 0.15) is 25.7 Å². The van der Waals surface area contributed by atoms with Gasteiger partial charge in [0.1, 0.15) is 12.1 Å². The van der Waals surface area contributed by atoms with Crippen molar-refractivity contribution in [3.05, 3.63) is 17.8 Å². The number of carboxylic acid groups (broad SMARTS) is 1. The zero-order valence-electron chi connectivity index (χ0n) is 12.8. The van der Waals surface area contributed by atoms with Gasteiger partial charge >= 0.3 is 5.97 Å². The van der Waals surface area contributed by atoms with Crippen molar-refractivity contribution in [1.29, 1.82) is 0 Å². The van der Waals surface area contributed by atoms with E-state index in [2.05, 4.69) is 20.2 Å². The summed E-state index contributed by atoms with van der Waals surface area (Å²) in [6.07, 6.45) is 6.06. The molecule has 0 spiro atoms. The fraction of sp³-hybridized carbons (Fsp3) is 0.562. The molecule has 0 aliphatic heterocycles. The minimum absolute atomic E-state index is 0.163. The first-order chi connectivity index (χ1) is 11.2. The lowest BCUT2D eigenvalue weighted by molar-refractivity contribution is -0.139. The molecule has 2 aliphatic carbocycles. The summed E-state index contributed by atoms with van der Waals surface area (Å²) in [6.45, 7) is 1.10. The van der Waals surface area contributed by atoms with Crippen molar-refractivity contribution in [3.63, 3.8) is 0 Å². The molecule has 2 saturated carbocycles. The van der Waals surface area contributed by atoms with Crippen molar-refractivity contribution in [2.75, 3.05) is 18.4 Å². The first kappa shape index (κ1) is 14.8. The Balaban J connectivity index is 1.36. The highest BCUT2D eigenvalue weighted by Crippen LogP contribution is 2.35. The van der Waals surface area contributed by atoms with Gasteiger partial charge in [0.2, 0.25) is 0 Å². The fourth-order valence-electron chi connectivity index (χ4n) is 3.24. The van der Waals surface area contributed by atoms with E-state index in [0.717, 1.165) is 35.4 Å². The van der Waals surface area contributed by atoms with Crippen LogP contribution in [0.3, 0.4) is 0 Å². The first-order valence-electron chi connectivity index (χ1n) is 8.09. The highest BCUT2D eigenvalue weighted by molar-refractivity contribution is 7.17. The van der Waals surface area contributed by atoms with Crippen LogP contribution in [-0.4, -0.2) is 51.1 Å². The second kappa shape index (κ2) is 6.05. The van der Waals surface area contributed by atoms with E-state index in [1.165, 1.54) is 12.8 Å². The van der Waals surface area contributed by atoms with Gasteiger partial charge in [-0.1, -0.05) is 0 Å². The van der Waals surface area contributed by atoms with Crippen molar-refractivity contribution < 1.29 is 9.90 Å². The van der Waals surface area contributed by atoms with Crippen molar-refractivity contribution >= 4 is 33.3 Å². The molecule has 0 bridgehead atoms. The molecule has 6 nitrogen and oxygen atoms in total. The van der Waals surface area contributed by atoms with Crippen LogP contribution >= 0.6 is 11.3 Å². The maximum absolute atomic E-state index is 11.1. The second-order valence-electron chi connectivity index (χ2n) is 6.59. The van der Waals surface area contributed by atoms with Crippen LogP contribution in [-0.2, 0) is 4.79 Å². The zero-order chi connectivity index (χ0) is 15.8. The van der Waals surface area contributed by atoms with Crippen LogP contribution in [0, 0.1) is 5.92 Å². The maximum atomic E-state index is 11.1. The molecule has 0 amide bonds. The Morgan fingerprint density at radius 1 is 1.39 bits per heavy atom. The summed E-state index contributed by atoms with van der Waals surface area (Å²) in [6, 6.07) is 2.75. The van der Waals surface area contributed by atoms with E-state index >= 15 is 0 Å². The largest absolute Gasteiger partial charge is 0.480 e. The Labute approximate surface area is 138 Å². The van der Waals surface area contributed by atoms with E-state index in [-0.39, 0.29) is 6.54 Å². The predicted molar refractivity (Wildman–Crippen MR) is 89.8 cm³/mol. The number of carbonyl (C=O) groups is 1. The number of anilines is 1. The molecule has 0 radical (unpaired) electrons. The zero-order valence-corrected chi connectivity index (χ0v) is 13.6. The molecule has 4 rings (SSSR count). The lowest BCUT2D eigenvalue weighted by atomic mass is 9.85. The van der Waals surface area contributed by atoms with Crippen LogP contribution in [0.15, 0.2) is 17.8 Å². The Hall–Kier alpha value is -1.73. The SMILES string of the molecule is O=C(O)CN(CC1CC1)C1CC(Nc2ncnc3ccsc23)C1. The van der Waals surface area contributed by atoms with Crippen molar-refractivity contribution in [1.82, 2.24) is 14.9 Å². The quantitative estimate of drug-likeness (QED) is 0.811. The average molecular weight is 332 g/mol. The third kappa shape index (κ3) is 3.30. The molecule has 2 aromatic heterocycles. The van der Waals surface area contributed by atoms with E-state index in [9.17, 15) is 4.79 Å². The minimum atomic E-state index is -0.724. The number of rotatable bonds is 7. The molecule has 122 valence electrons. The van der Waals surface area contributed by atoms with Crippen LogP contribution in [0.5, 0.6) is 0 Å². The van der Waals surface area contributed by atoms with E-state index < -0.39 is 5.97 Å². The average Bonchev–Trinajstić information content (AvgIpc) is 3.14. The summed E-state index contributed by atoms with van der Waals surface area (Å²) < 4.78 is 1.09. The third-order valence-electron chi connectivity index (χ3n) is 4.74. The summed E-state index contributed by atoms with van der Waals surface area (Å²) in [5, 5.41) is 14.6. The molecule has 0 atom stereocenters. The number of nitrogens with one attached hydrogen (secondary N) is 1. The molecule has 2 fully saturated rings. The summed E-state index contributed by atoms with van der Waals surface area (Å²) in [7, 11) is 0. The molecule has 2 heterocycles. The van der Waals surface area contributed by atoms with Crippen LogP contribution < -0.4 is 5.32 Å².